The zero-order valence-electron chi connectivity index (χ0n) is 26.2. The van der Waals surface area contributed by atoms with Gasteiger partial charge in [0.1, 0.15) is 0 Å². The summed E-state index contributed by atoms with van der Waals surface area (Å²) in [5, 5.41) is 10.4. The average molecular weight is 587 g/mol. The Bertz CT molecular complexity index is 2510. The van der Waals surface area contributed by atoms with Crippen molar-refractivity contribution >= 4 is 49.2 Å². The van der Waals surface area contributed by atoms with Crippen LogP contribution in [0.2, 0.25) is 0 Å². The summed E-state index contributed by atoms with van der Waals surface area (Å²) >= 11 is 0. The molecule has 0 radical (unpaired) electrons. The number of benzene rings is 8. The van der Waals surface area contributed by atoms with Gasteiger partial charge >= 0.3 is 0 Å². The molecule has 218 valence electrons. The summed E-state index contributed by atoms with van der Waals surface area (Å²) in [5.41, 5.74) is 12.1. The third-order valence-corrected chi connectivity index (χ3v) is 10.3. The topological polar surface area (TPSA) is 0 Å². The van der Waals surface area contributed by atoms with Gasteiger partial charge in [0.05, 0.1) is 0 Å². The molecule has 1 aliphatic carbocycles. The van der Waals surface area contributed by atoms with E-state index >= 15 is 0 Å². The molecule has 0 bridgehead atoms. The smallest absolute Gasteiger partial charge is 0.00234 e. The molecule has 0 amide bonds. The minimum Gasteiger partial charge on any atom is -0.0833 e. The van der Waals surface area contributed by atoms with Crippen molar-refractivity contribution in [1.82, 2.24) is 0 Å². The van der Waals surface area contributed by atoms with Gasteiger partial charge < -0.3 is 0 Å². The largest absolute Gasteiger partial charge is 0.0833 e. The van der Waals surface area contributed by atoms with Crippen LogP contribution in [0.3, 0.4) is 0 Å². The molecule has 0 N–H and O–H groups in total. The highest BCUT2D eigenvalue weighted by molar-refractivity contribution is 6.18. The summed E-state index contributed by atoms with van der Waals surface area (Å²) in [6, 6.07) is 51.7. The molecule has 0 saturated heterocycles. The van der Waals surface area contributed by atoms with Gasteiger partial charge in [-0.1, -0.05) is 146 Å². The first-order valence-electron chi connectivity index (χ1n) is 16.4. The van der Waals surface area contributed by atoms with Crippen LogP contribution in [0.15, 0.2) is 146 Å². The number of fused-ring (bicyclic) bond motifs is 6. The highest BCUT2D eigenvalue weighted by Crippen LogP contribution is 2.50. The molecule has 0 aliphatic heterocycles. The van der Waals surface area contributed by atoms with Crippen LogP contribution in [-0.4, -0.2) is 0 Å². The lowest BCUT2D eigenvalue weighted by Gasteiger charge is -2.29. The Balaban J connectivity index is 1.39. The van der Waals surface area contributed by atoms with Gasteiger partial charge in [-0.25, -0.2) is 0 Å². The Morgan fingerprint density at radius 2 is 1.11 bits per heavy atom. The lowest BCUT2D eigenvalue weighted by Crippen LogP contribution is -2.07. The maximum atomic E-state index is 2.45. The van der Waals surface area contributed by atoms with E-state index < -0.39 is 0 Å². The molecule has 0 fully saturated rings. The van der Waals surface area contributed by atoms with Crippen LogP contribution in [-0.2, 0) is 0 Å². The Kier molecular flexibility index (Phi) is 6.18. The van der Waals surface area contributed by atoms with Gasteiger partial charge in [0, 0.05) is 0 Å². The number of allylic oxidation sites excluding steroid dienone is 1. The molecule has 0 spiro atoms. The van der Waals surface area contributed by atoms with Crippen molar-refractivity contribution in [3.8, 4) is 33.4 Å². The highest BCUT2D eigenvalue weighted by atomic mass is 14.3. The van der Waals surface area contributed by atoms with E-state index in [4.69, 9.17) is 0 Å². The van der Waals surface area contributed by atoms with Crippen LogP contribution in [0.1, 0.15) is 36.0 Å². The summed E-state index contributed by atoms with van der Waals surface area (Å²) in [6.45, 7) is 4.71. The van der Waals surface area contributed by atoms with Crippen molar-refractivity contribution in [3.63, 3.8) is 0 Å². The third-order valence-electron chi connectivity index (χ3n) is 10.3. The van der Waals surface area contributed by atoms with Crippen molar-refractivity contribution < 1.29 is 0 Å². The minimum absolute atomic E-state index is 0.401. The molecule has 46 heavy (non-hydrogen) atoms. The molecule has 9 rings (SSSR count). The van der Waals surface area contributed by atoms with Gasteiger partial charge in [-0.15, -0.1) is 0 Å². The Morgan fingerprint density at radius 1 is 0.478 bits per heavy atom. The Hall–Kier alpha value is -5.46. The second kappa shape index (κ2) is 10.6. The van der Waals surface area contributed by atoms with Crippen molar-refractivity contribution in [2.24, 2.45) is 0 Å². The molecule has 0 nitrogen and oxygen atoms in total. The molecule has 1 atom stereocenters. The maximum absolute atomic E-state index is 2.45. The van der Waals surface area contributed by atoms with Crippen LogP contribution in [0.5, 0.6) is 0 Å². The lowest BCUT2D eigenvalue weighted by molar-refractivity contribution is 0.775. The van der Waals surface area contributed by atoms with E-state index in [1.54, 1.807) is 0 Å². The van der Waals surface area contributed by atoms with Gasteiger partial charge in [0.25, 0.3) is 0 Å². The standard InChI is InChI=1S/C46H34/c1-29-13-10-24-41-44(29)46(36-22-12-21-35(30(36)2)31-14-4-3-5-15-31)39-20-9-8-19-38(39)45(41)40-23-11-17-33-27-34-26-25-32-16-6-7-18-37(32)42(34)28-43(33)40/h3-12,14-29H,13H2,1-2H3. The second-order valence-electron chi connectivity index (χ2n) is 12.9. The van der Waals surface area contributed by atoms with Crippen molar-refractivity contribution in [1.29, 1.82) is 0 Å². The fraction of sp³-hybridized carbons (Fsp3) is 0.0870. The minimum atomic E-state index is 0.401. The average Bonchev–Trinajstić information content (AvgIpc) is 3.10. The maximum Gasteiger partial charge on any atom is -0.00234 e. The monoisotopic (exact) mass is 586 g/mol. The van der Waals surface area contributed by atoms with E-state index in [1.807, 2.05) is 0 Å². The van der Waals surface area contributed by atoms with Crippen molar-refractivity contribution in [3.05, 3.63) is 162 Å². The van der Waals surface area contributed by atoms with Crippen LogP contribution in [0.4, 0.5) is 0 Å². The molecule has 0 aromatic heterocycles. The summed E-state index contributed by atoms with van der Waals surface area (Å²) in [4.78, 5) is 0. The van der Waals surface area contributed by atoms with E-state index in [9.17, 15) is 0 Å². The zero-order valence-corrected chi connectivity index (χ0v) is 26.2. The van der Waals surface area contributed by atoms with Crippen LogP contribution < -0.4 is 0 Å². The SMILES string of the molecule is Cc1c(-c2ccccc2)cccc1-c1c2c(c(-c3cccc4cc5ccc6ccccc6c5cc34)c3ccccc13)C=CCC2C. The molecular formula is C46H34. The predicted octanol–water partition coefficient (Wildman–Crippen LogP) is 13.1. The van der Waals surface area contributed by atoms with Crippen LogP contribution in [0, 0.1) is 6.92 Å². The van der Waals surface area contributed by atoms with Gasteiger partial charge in [-0.2, -0.15) is 0 Å². The van der Waals surface area contributed by atoms with E-state index in [0.717, 1.165) is 6.42 Å². The highest BCUT2D eigenvalue weighted by Gasteiger charge is 2.27. The molecular weight excluding hydrogens is 553 g/mol. The van der Waals surface area contributed by atoms with Crippen LogP contribution >= 0.6 is 0 Å². The fourth-order valence-corrected chi connectivity index (χ4v) is 8.09. The van der Waals surface area contributed by atoms with Crippen molar-refractivity contribution in [2.45, 2.75) is 26.2 Å². The van der Waals surface area contributed by atoms with Gasteiger partial charge in [-0.3, -0.25) is 0 Å². The summed E-state index contributed by atoms with van der Waals surface area (Å²) in [5.74, 6) is 0.401. The summed E-state index contributed by atoms with van der Waals surface area (Å²) in [7, 11) is 0. The number of rotatable bonds is 3. The third kappa shape index (κ3) is 4.07. The van der Waals surface area contributed by atoms with E-state index in [0.29, 0.717) is 5.92 Å². The fourth-order valence-electron chi connectivity index (χ4n) is 8.09. The van der Waals surface area contributed by atoms with E-state index in [1.165, 1.54) is 93.2 Å². The summed E-state index contributed by atoms with van der Waals surface area (Å²) < 4.78 is 0. The molecule has 1 unspecified atom stereocenters. The zero-order chi connectivity index (χ0) is 30.8. The molecule has 8 aromatic rings. The molecule has 0 heteroatoms. The normalized spacial score (nSPS) is 14.3. The van der Waals surface area contributed by atoms with Gasteiger partial charge in [-0.05, 0) is 125 Å². The second-order valence-corrected chi connectivity index (χ2v) is 12.9. The Morgan fingerprint density at radius 3 is 1.96 bits per heavy atom. The quantitative estimate of drug-likeness (QED) is 0.143. The first kappa shape index (κ1) is 26.9. The van der Waals surface area contributed by atoms with E-state index in [2.05, 4.69) is 166 Å². The number of hydrogen-bond acceptors (Lipinski definition) is 0. The molecule has 8 aromatic carbocycles. The van der Waals surface area contributed by atoms with Gasteiger partial charge in [0.15, 0.2) is 0 Å². The first-order chi connectivity index (χ1) is 22.7. The molecule has 0 heterocycles. The summed E-state index contributed by atoms with van der Waals surface area (Å²) in [6.07, 6.45) is 5.84. The van der Waals surface area contributed by atoms with Crippen LogP contribution in [0.25, 0.3) is 82.5 Å². The number of hydrogen-bond donors (Lipinski definition) is 0. The predicted molar refractivity (Wildman–Crippen MR) is 200 cm³/mol. The lowest BCUT2D eigenvalue weighted by atomic mass is 9.75. The van der Waals surface area contributed by atoms with E-state index in [-0.39, 0.29) is 0 Å². The molecule has 1 aliphatic rings. The van der Waals surface area contributed by atoms with Gasteiger partial charge in [0.2, 0.25) is 0 Å². The molecule has 0 saturated carbocycles. The first-order valence-corrected chi connectivity index (χ1v) is 16.4. The van der Waals surface area contributed by atoms with Crippen molar-refractivity contribution in [2.75, 3.05) is 0 Å². The Labute approximate surface area is 270 Å².